The average Bonchev–Trinajstić information content (AvgIpc) is 3.05. The minimum absolute atomic E-state index is 0.0751. The molecule has 0 spiro atoms. The molecule has 0 radical (unpaired) electrons. The van der Waals surface area contributed by atoms with E-state index in [1.54, 1.807) is 0 Å². The number of carbonyl (C=O) groups is 1. The topological polar surface area (TPSA) is 44.7 Å². The number of benzene rings is 1. The number of nitrogens with zero attached hydrogens (tertiary/aromatic N) is 2. The molecule has 1 aromatic carbocycles. The van der Waals surface area contributed by atoms with E-state index < -0.39 is 23.5 Å². The highest BCUT2D eigenvalue weighted by Gasteiger charge is 2.38. The van der Waals surface area contributed by atoms with Crippen LogP contribution in [0.2, 0.25) is 0 Å². The Morgan fingerprint density at radius 2 is 1.84 bits per heavy atom. The molecule has 1 N–H and O–H groups in total. The van der Waals surface area contributed by atoms with Gasteiger partial charge in [0, 0.05) is 13.1 Å². The monoisotopic (exact) mass is 479 g/mol. The number of likely N-dealkylation sites (tertiary alicyclic amines) is 1. The molecule has 2 heterocycles. The van der Waals surface area contributed by atoms with Crippen LogP contribution in [0.25, 0.3) is 0 Å². The lowest BCUT2D eigenvalue weighted by Gasteiger charge is -2.31. The molecule has 0 atom stereocenters. The lowest BCUT2D eigenvalue weighted by molar-refractivity contribution is -0.143. The van der Waals surface area contributed by atoms with Gasteiger partial charge in [-0.25, -0.2) is 0 Å². The first kappa shape index (κ1) is 24.6. The van der Waals surface area contributed by atoms with E-state index in [0.29, 0.717) is 44.4 Å². The average molecular weight is 479 g/mol. The second-order valence-corrected chi connectivity index (χ2v) is 8.77. The number of allylic oxidation sites excluding steroid dienone is 1. The summed E-state index contributed by atoms with van der Waals surface area (Å²) >= 11 is 1.08. The summed E-state index contributed by atoms with van der Waals surface area (Å²) in [4.78, 5) is 18.6. The van der Waals surface area contributed by atoms with E-state index >= 15 is 0 Å². The number of hydrogen-bond donors (Lipinski definition) is 1. The number of rotatable bonds is 5. The number of carbonyl (C=O) groups excluding carboxylic acids is 1. The molecule has 2 aliphatic rings. The van der Waals surface area contributed by atoms with Gasteiger partial charge in [-0.3, -0.25) is 14.7 Å². The Labute approximate surface area is 186 Å². The molecule has 176 valence electrons. The van der Waals surface area contributed by atoms with Gasteiger partial charge < -0.3 is 5.32 Å². The molecule has 2 fully saturated rings. The normalized spacial score (nSPS) is 21.5. The van der Waals surface area contributed by atoms with Gasteiger partial charge >= 0.3 is 12.4 Å². The molecule has 1 amide bonds. The van der Waals surface area contributed by atoms with E-state index in [4.69, 9.17) is 0 Å². The van der Waals surface area contributed by atoms with E-state index in [0.717, 1.165) is 29.2 Å². The molecule has 1 aromatic rings. The number of amidine groups is 1. The lowest BCUT2D eigenvalue weighted by Crippen LogP contribution is -2.33. The zero-order valence-electron chi connectivity index (χ0n) is 17.3. The first-order valence-electron chi connectivity index (χ1n) is 10.2. The van der Waals surface area contributed by atoms with E-state index in [1.807, 2.05) is 17.9 Å². The Morgan fingerprint density at radius 3 is 2.44 bits per heavy atom. The summed E-state index contributed by atoms with van der Waals surface area (Å²) in [5, 5.41) is 2.52. The maximum Gasteiger partial charge on any atom is 0.416 e. The van der Waals surface area contributed by atoms with Crippen LogP contribution in [-0.2, 0) is 18.9 Å². The lowest BCUT2D eigenvalue weighted by atomic mass is 9.95. The SMILES string of the molecule is CCCN=C1NC(=O)S/C1=C\C1CCN(Cc2ccc(C(F)(F)F)cc2C(F)(F)F)CC1. The second kappa shape index (κ2) is 9.86. The van der Waals surface area contributed by atoms with Crippen molar-refractivity contribution in [1.82, 2.24) is 10.2 Å². The molecule has 0 bridgehead atoms. The fourth-order valence-electron chi connectivity index (χ4n) is 3.67. The van der Waals surface area contributed by atoms with Crippen molar-refractivity contribution < 1.29 is 31.1 Å². The van der Waals surface area contributed by atoms with E-state index in [1.165, 1.54) is 0 Å². The van der Waals surface area contributed by atoms with Crippen LogP contribution in [0, 0.1) is 5.92 Å². The molecule has 0 aromatic heterocycles. The van der Waals surface area contributed by atoms with E-state index in [2.05, 4.69) is 10.3 Å². The van der Waals surface area contributed by atoms with E-state index in [-0.39, 0.29) is 29.3 Å². The molecule has 0 unspecified atom stereocenters. The van der Waals surface area contributed by atoms with Gasteiger partial charge in [-0.15, -0.1) is 0 Å². The van der Waals surface area contributed by atoms with Crippen molar-refractivity contribution in [2.45, 2.75) is 45.1 Å². The predicted octanol–water partition coefficient (Wildman–Crippen LogP) is 6.09. The second-order valence-electron chi connectivity index (χ2n) is 7.76. The smallest absolute Gasteiger partial charge is 0.300 e. The first-order chi connectivity index (χ1) is 15.0. The Balaban J connectivity index is 1.67. The maximum absolute atomic E-state index is 13.4. The van der Waals surface area contributed by atoms with Crippen molar-refractivity contribution in [2.75, 3.05) is 19.6 Å². The molecule has 0 aliphatic carbocycles. The highest BCUT2D eigenvalue weighted by molar-refractivity contribution is 8.18. The van der Waals surface area contributed by atoms with Crippen LogP contribution < -0.4 is 5.32 Å². The Hall–Kier alpha value is -2.01. The molecule has 32 heavy (non-hydrogen) atoms. The number of piperidine rings is 1. The number of hydrogen-bond acceptors (Lipinski definition) is 4. The van der Waals surface area contributed by atoms with Gasteiger partial charge in [0.15, 0.2) is 0 Å². The summed E-state index contributed by atoms with van der Waals surface area (Å²) in [5.74, 6) is 0.701. The quantitative estimate of drug-likeness (QED) is 0.521. The van der Waals surface area contributed by atoms with Crippen molar-refractivity contribution in [3.8, 4) is 0 Å². The van der Waals surface area contributed by atoms with Crippen molar-refractivity contribution in [3.63, 3.8) is 0 Å². The van der Waals surface area contributed by atoms with Gasteiger partial charge in [0.2, 0.25) is 0 Å². The predicted molar refractivity (Wildman–Crippen MR) is 111 cm³/mol. The zero-order chi connectivity index (χ0) is 23.5. The maximum atomic E-state index is 13.4. The number of halogens is 6. The van der Waals surface area contributed by atoms with Gasteiger partial charge in [0.05, 0.1) is 16.0 Å². The summed E-state index contributed by atoms with van der Waals surface area (Å²) in [5.41, 5.74) is -2.73. The van der Waals surface area contributed by atoms with Gasteiger partial charge in [0.1, 0.15) is 5.84 Å². The van der Waals surface area contributed by atoms with Crippen molar-refractivity contribution >= 4 is 22.8 Å². The number of nitrogens with one attached hydrogen (secondary N) is 1. The van der Waals surface area contributed by atoms with Crippen molar-refractivity contribution in [1.29, 1.82) is 0 Å². The minimum atomic E-state index is -4.87. The largest absolute Gasteiger partial charge is 0.416 e. The molecule has 4 nitrogen and oxygen atoms in total. The Morgan fingerprint density at radius 1 is 1.16 bits per heavy atom. The van der Waals surface area contributed by atoms with Crippen LogP contribution in [0.3, 0.4) is 0 Å². The summed E-state index contributed by atoms with van der Waals surface area (Å²) in [6.07, 6.45) is -5.54. The molecule has 11 heteroatoms. The van der Waals surface area contributed by atoms with Crippen LogP contribution in [0.1, 0.15) is 42.9 Å². The van der Waals surface area contributed by atoms with Gasteiger partial charge in [-0.05, 0) is 67.7 Å². The third kappa shape index (κ3) is 6.28. The van der Waals surface area contributed by atoms with Gasteiger partial charge in [0.25, 0.3) is 5.24 Å². The summed E-state index contributed by atoms with van der Waals surface area (Å²) in [7, 11) is 0. The highest BCUT2D eigenvalue weighted by Crippen LogP contribution is 2.38. The van der Waals surface area contributed by atoms with E-state index in [9.17, 15) is 31.1 Å². The molecule has 3 rings (SSSR count). The number of thioether (sulfide) groups is 1. The van der Waals surface area contributed by atoms with Crippen LogP contribution in [-0.4, -0.2) is 35.6 Å². The summed E-state index contributed by atoms with van der Waals surface area (Å²) in [6.45, 7) is 3.50. The fourth-order valence-corrected chi connectivity index (χ4v) is 4.49. The fraction of sp³-hybridized carbons (Fsp3) is 0.524. The Kier molecular flexibility index (Phi) is 7.59. The summed E-state index contributed by atoms with van der Waals surface area (Å²) in [6, 6.07) is 1.80. The molecular weight excluding hydrogens is 456 g/mol. The van der Waals surface area contributed by atoms with Crippen molar-refractivity contribution in [2.24, 2.45) is 10.9 Å². The van der Waals surface area contributed by atoms with Crippen LogP contribution in [0.15, 0.2) is 34.2 Å². The highest BCUT2D eigenvalue weighted by atomic mass is 32.2. The van der Waals surface area contributed by atoms with Crippen LogP contribution in [0.4, 0.5) is 31.1 Å². The van der Waals surface area contributed by atoms with Crippen LogP contribution >= 0.6 is 11.8 Å². The third-order valence-corrected chi connectivity index (χ3v) is 6.14. The number of alkyl halides is 6. The molecule has 2 saturated heterocycles. The number of amides is 1. The summed E-state index contributed by atoms with van der Waals surface area (Å²) < 4.78 is 78.7. The minimum Gasteiger partial charge on any atom is -0.300 e. The standard InChI is InChI=1S/C21H23F6N3OS/c1-2-7-28-18-17(32-19(31)29-18)10-13-5-8-30(9-6-13)12-14-3-4-15(20(22,23)24)11-16(14)21(25,26)27/h3-4,10-11,13H,2,5-9,12H2,1H3,(H,28,29,31)/b17-10-. The zero-order valence-corrected chi connectivity index (χ0v) is 18.1. The molecular formula is C21H23F6N3OS. The van der Waals surface area contributed by atoms with Gasteiger partial charge in [-0.2, -0.15) is 26.3 Å². The number of aliphatic imine (C=N–C) groups is 1. The van der Waals surface area contributed by atoms with Crippen LogP contribution in [0.5, 0.6) is 0 Å². The van der Waals surface area contributed by atoms with Gasteiger partial charge in [-0.1, -0.05) is 19.1 Å². The molecule has 2 aliphatic heterocycles. The van der Waals surface area contributed by atoms with Crippen molar-refractivity contribution in [3.05, 3.63) is 45.9 Å². The molecule has 0 saturated carbocycles. The Bertz CT molecular complexity index is 902. The third-order valence-electron chi connectivity index (χ3n) is 5.31. The first-order valence-corrected chi connectivity index (χ1v) is 11.0.